The molecule has 7 heteroatoms. The number of aliphatic hydroxyl groups excluding tert-OH is 1. The molecule has 92 valence electrons. The first-order valence-electron chi connectivity index (χ1n) is 4.89. The van der Waals surface area contributed by atoms with E-state index in [4.69, 9.17) is 14.6 Å². The van der Waals surface area contributed by atoms with Gasteiger partial charge < -0.3 is 19.3 Å². The molecular weight excluding hydrogens is 226 g/mol. The minimum Gasteiger partial charge on any atom is -0.463 e. The van der Waals surface area contributed by atoms with E-state index in [1.807, 2.05) is 0 Å². The third-order valence-corrected chi connectivity index (χ3v) is 2.79. The number of hydrogen-bond donors (Lipinski definition) is 1. The van der Waals surface area contributed by atoms with Crippen LogP contribution in [0.1, 0.15) is 6.92 Å². The molecule has 0 radical (unpaired) electrons. The highest BCUT2D eigenvalue weighted by molar-refractivity contribution is 5.65. The van der Waals surface area contributed by atoms with Crippen molar-refractivity contribution in [2.45, 2.75) is 31.3 Å². The van der Waals surface area contributed by atoms with Gasteiger partial charge in [0.15, 0.2) is 0 Å². The molecule has 5 nitrogen and oxygen atoms in total. The number of carbonyl (C=O) groups is 1. The zero-order chi connectivity index (χ0) is 11.9. The fourth-order valence-electron chi connectivity index (χ4n) is 1.92. The third-order valence-electron chi connectivity index (χ3n) is 2.79. The SMILES string of the molecule is CC(=O)OC[C@H]1O[C@H]2O[C@@H]([C@@H]1CO)C2(F)F. The summed E-state index contributed by atoms with van der Waals surface area (Å²) in [6.45, 7) is 0.564. The summed E-state index contributed by atoms with van der Waals surface area (Å²) in [4.78, 5) is 10.6. The molecule has 0 aliphatic carbocycles. The molecule has 0 aromatic rings. The van der Waals surface area contributed by atoms with Crippen molar-refractivity contribution in [3.8, 4) is 0 Å². The van der Waals surface area contributed by atoms with Gasteiger partial charge in [-0.15, -0.1) is 0 Å². The van der Waals surface area contributed by atoms with Crippen molar-refractivity contribution in [3.63, 3.8) is 0 Å². The van der Waals surface area contributed by atoms with E-state index >= 15 is 0 Å². The molecule has 0 unspecified atom stereocenters. The second-order valence-electron chi connectivity index (χ2n) is 3.89. The minimum absolute atomic E-state index is 0.146. The number of halogens is 2. The molecule has 3 heterocycles. The van der Waals surface area contributed by atoms with Crippen molar-refractivity contribution >= 4 is 5.97 Å². The Labute approximate surface area is 90.3 Å². The van der Waals surface area contributed by atoms with E-state index < -0.39 is 42.9 Å². The number of alkyl halides is 2. The molecule has 1 N–H and O–H groups in total. The Balaban J connectivity index is 1.99. The Morgan fingerprint density at radius 3 is 2.69 bits per heavy atom. The molecule has 3 fully saturated rings. The van der Waals surface area contributed by atoms with Crippen LogP contribution in [0.4, 0.5) is 8.78 Å². The molecule has 3 aliphatic heterocycles. The highest BCUT2D eigenvalue weighted by Crippen LogP contribution is 2.49. The number of carbonyl (C=O) groups excluding carboxylic acids is 1. The van der Waals surface area contributed by atoms with E-state index in [0.717, 1.165) is 0 Å². The Kier molecular flexibility index (Phi) is 2.85. The molecule has 0 aromatic carbocycles. The van der Waals surface area contributed by atoms with Crippen LogP contribution in [0.3, 0.4) is 0 Å². The quantitative estimate of drug-likeness (QED) is 0.696. The van der Waals surface area contributed by atoms with Crippen molar-refractivity contribution in [1.82, 2.24) is 0 Å². The highest BCUT2D eigenvalue weighted by atomic mass is 19.3. The zero-order valence-corrected chi connectivity index (χ0v) is 8.56. The molecule has 4 atom stereocenters. The second-order valence-corrected chi connectivity index (χ2v) is 3.89. The lowest BCUT2D eigenvalue weighted by Crippen LogP contribution is -2.72. The van der Waals surface area contributed by atoms with Crippen molar-refractivity contribution < 1.29 is 32.9 Å². The molecule has 3 saturated heterocycles. The Bertz CT molecular complexity index is 296. The van der Waals surface area contributed by atoms with Gasteiger partial charge in [0, 0.05) is 12.8 Å². The van der Waals surface area contributed by atoms with Gasteiger partial charge in [0.05, 0.1) is 6.61 Å². The molecule has 0 amide bonds. The van der Waals surface area contributed by atoms with Gasteiger partial charge in [-0.05, 0) is 0 Å². The van der Waals surface area contributed by atoms with Crippen LogP contribution in [0.2, 0.25) is 0 Å². The van der Waals surface area contributed by atoms with E-state index in [-0.39, 0.29) is 6.61 Å². The van der Waals surface area contributed by atoms with Crippen molar-refractivity contribution in [1.29, 1.82) is 0 Å². The Morgan fingerprint density at radius 1 is 1.50 bits per heavy atom. The summed E-state index contributed by atoms with van der Waals surface area (Å²) >= 11 is 0. The highest BCUT2D eigenvalue weighted by Gasteiger charge is 2.68. The summed E-state index contributed by atoms with van der Waals surface area (Å²) in [5, 5.41) is 9.02. The standard InChI is InChI=1S/C9H12F2O5/c1-4(13)14-3-6-5(2-12)7-9(10,11)8(15-6)16-7/h5-8,12H,2-3H2,1H3/t5-,6-,7+,8+/m1/s1. The average molecular weight is 238 g/mol. The second kappa shape index (κ2) is 3.90. The summed E-state index contributed by atoms with van der Waals surface area (Å²) in [6.07, 6.45) is -3.67. The third kappa shape index (κ3) is 1.68. The van der Waals surface area contributed by atoms with Crippen LogP contribution in [-0.2, 0) is 19.0 Å². The van der Waals surface area contributed by atoms with Crippen molar-refractivity contribution in [2.75, 3.05) is 13.2 Å². The first kappa shape index (κ1) is 11.7. The number of rotatable bonds is 3. The van der Waals surface area contributed by atoms with Gasteiger partial charge in [0.1, 0.15) is 18.8 Å². The number of hydrogen-bond acceptors (Lipinski definition) is 5. The maximum absolute atomic E-state index is 13.2. The van der Waals surface area contributed by atoms with Crippen molar-refractivity contribution in [3.05, 3.63) is 0 Å². The summed E-state index contributed by atoms with van der Waals surface area (Å²) in [5.41, 5.74) is 0. The van der Waals surface area contributed by atoms with Crippen LogP contribution < -0.4 is 0 Å². The topological polar surface area (TPSA) is 65.0 Å². The fraction of sp³-hybridized carbons (Fsp3) is 0.889. The van der Waals surface area contributed by atoms with E-state index in [1.54, 1.807) is 0 Å². The zero-order valence-electron chi connectivity index (χ0n) is 8.56. The summed E-state index contributed by atoms with van der Waals surface area (Å²) in [5.74, 6) is -4.47. The molecule has 0 spiro atoms. The van der Waals surface area contributed by atoms with Gasteiger partial charge in [-0.25, -0.2) is 0 Å². The molecule has 3 rings (SSSR count). The maximum Gasteiger partial charge on any atom is 0.323 e. The van der Waals surface area contributed by atoms with Crippen LogP contribution in [0.25, 0.3) is 0 Å². The molecule has 16 heavy (non-hydrogen) atoms. The van der Waals surface area contributed by atoms with Gasteiger partial charge in [0.25, 0.3) is 0 Å². The molecule has 2 bridgehead atoms. The lowest BCUT2D eigenvalue weighted by atomic mass is 9.85. The molecular formula is C9H12F2O5. The average Bonchev–Trinajstić information content (AvgIpc) is 2.25. The van der Waals surface area contributed by atoms with Gasteiger partial charge in [-0.3, -0.25) is 4.79 Å². The smallest absolute Gasteiger partial charge is 0.323 e. The van der Waals surface area contributed by atoms with E-state index in [1.165, 1.54) is 6.92 Å². The first-order valence-corrected chi connectivity index (χ1v) is 4.89. The molecule has 0 aromatic heterocycles. The fourth-order valence-corrected chi connectivity index (χ4v) is 1.92. The predicted molar refractivity (Wildman–Crippen MR) is 45.7 cm³/mol. The van der Waals surface area contributed by atoms with Crippen LogP contribution in [0.15, 0.2) is 0 Å². The van der Waals surface area contributed by atoms with Crippen LogP contribution in [-0.4, -0.2) is 48.7 Å². The van der Waals surface area contributed by atoms with E-state index in [2.05, 4.69) is 4.74 Å². The number of fused-ring (bicyclic) bond motifs is 2. The number of esters is 1. The minimum atomic E-state index is -3.07. The monoisotopic (exact) mass is 238 g/mol. The van der Waals surface area contributed by atoms with E-state index in [0.29, 0.717) is 0 Å². The van der Waals surface area contributed by atoms with Gasteiger partial charge in [0.2, 0.25) is 6.29 Å². The Morgan fingerprint density at radius 2 is 2.19 bits per heavy atom. The predicted octanol–water partition coefficient (Wildman–Crippen LogP) is -0.0830. The maximum atomic E-state index is 13.2. The summed E-state index contributed by atoms with van der Waals surface area (Å²) in [7, 11) is 0. The first-order chi connectivity index (χ1) is 7.46. The summed E-state index contributed by atoms with van der Waals surface area (Å²) in [6, 6.07) is 0. The van der Waals surface area contributed by atoms with E-state index in [9.17, 15) is 13.6 Å². The Hall–Kier alpha value is -0.790. The lowest BCUT2D eigenvalue weighted by molar-refractivity contribution is -0.460. The lowest BCUT2D eigenvalue weighted by Gasteiger charge is -2.54. The summed E-state index contributed by atoms with van der Waals surface area (Å²) < 4.78 is 40.7. The molecule has 3 aliphatic rings. The van der Waals surface area contributed by atoms with Crippen LogP contribution in [0, 0.1) is 5.92 Å². The largest absolute Gasteiger partial charge is 0.463 e. The number of ether oxygens (including phenoxy) is 3. The number of aliphatic hydroxyl groups is 1. The van der Waals surface area contributed by atoms with Crippen LogP contribution >= 0.6 is 0 Å². The van der Waals surface area contributed by atoms with Gasteiger partial charge in [-0.2, -0.15) is 8.78 Å². The normalized spacial score (nSPS) is 40.0. The van der Waals surface area contributed by atoms with Crippen LogP contribution in [0.5, 0.6) is 0 Å². The molecule has 0 saturated carbocycles. The van der Waals surface area contributed by atoms with Gasteiger partial charge >= 0.3 is 11.9 Å². The van der Waals surface area contributed by atoms with Gasteiger partial charge in [-0.1, -0.05) is 0 Å². The van der Waals surface area contributed by atoms with Crippen molar-refractivity contribution in [2.24, 2.45) is 5.92 Å².